The lowest BCUT2D eigenvalue weighted by atomic mass is 10.0. The molecule has 6 heteroatoms. The van der Waals surface area contributed by atoms with Crippen LogP contribution in [0.3, 0.4) is 0 Å². The molecule has 1 aliphatic heterocycles. The molecule has 18 heavy (non-hydrogen) atoms. The Hall–Kier alpha value is -1.14. The molecule has 1 heterocycles. The summed E-state index contributed by atoms with van der Waals surface area (Å²) in [5, 5.41) is 2.86. The van der Waals surface area contributed by atoms with Crippen LogP contribution in [0.4, 0.5) is 0 Å². The molecule has 0 spiro atoms. The first kappa shape index (κ1) is 14.9. The monoisotopic (exact) mass is 257 g/mol. The number of hydrogen-bond donors (Lipinski definition) is 2. The van der Waals surface area contributed by atoms with Gasteiger partial charge in [-0.3, -0.25) is 14.5 Å². The van der Waals surface area contributed by atoms with E-state index in [1.54, 1.807) is 0 Å². The average Bonchev–Trinajstić information content (AvgIpc) is 2.29. The summed E-state index contributed by atoms with van der Waals surface area (Å²) < 4.78 is 5.24. The molecule has 104 valence electrons. The van der Waals surface area contributed by atoms with Crippen LogP contribution >= 0.6 is 0 Å². The highest BCUT2D eigenvalue weighted by Crippen LogP contribution is 2.06. The van der Waals surface area contributed by atoms with E-state index in [0.717, 1.165) is 32.8 Å². The van der Waals surface area contributed by atoms with Gasteiger partial charge in [-0.25, -0.2) is 0 Å². The normalized spacial score (nSPS) is 18.3. The minimum atomic E-state index is -0.358. The molecule has 1 aliphatic rings. The topological polar surface area (TPSA) is 84.7 Å². The molecule has 0 aromatic carbocycles. The summed E-state index contributed by atoms with van der Waals surface area (Å²) in [6.07, 6.45) is 0.614. The Labute approximate surface area is 108 Å². The number of carbonyl (C=O) groups excluding carboxylic acids is 2. The van der Waals surface area contributed by atoms with E-state index < -0.39 is 0 Å². The summed E-state index contributed by atoms with van der Waals surface area (Å²) >= 11 is 0. The number of amides is 2. The van der Waals surface area contributed by atoms with Crippen LogP contribution in [0.5, 0.6) is 0 Å². The number of rotatable bonds is 7. The summed E-state index contributed by atoms with van der Waals surface area (Å²) in [5.41, 5.74) is 5.08. The lowest BCUT2D eigenvalue weighted by Gasteiger charge is -2.26. The molecule has 6 nitrogen and oxygen atoms in total. The lowest BCUT2D eigenvalue weighted by Crippen LogP contribution is -2.41. The lowest BCUT2D eigenvalue weighted by molar-refractivity contribution is -0.122. The van der Waals surface area contributed by atoms with E-state index in [1.807, 2.05) is 6.92 Å². The SMILES string of the molecule is C[C@H](CC(N)=O)CC(=O)NCCN1CCOCC1. The highest BCUT2D eigenvalue weighted by molar-refractivity contribution is 5.78. The van der Waals surface area contributed by atoms with Crippen molar-refractivity contribution in [2.24, 2.45) is 11.7 Å². The summed E-state index contributed by atoms with van der Waals surface area (Å²) in [5.74, 6) is -0.369. The number of hydrogen-bond acceptors (Lipinski definition) is 4. The second kappa shape index (κ2) is 8.05. The second-order valence-corrected chi connectivity index (χ2v) is 4.78. The molecule has 0 bridgehead atoms. The Morgan fingerprint density at radius 2 is 2.00 bits per heavy atom. The molecule has 0 aromatic rings. The molecule has 1 atom stereocenters. The maximum Gasteiger partial charge on any atom is 0.220 e. The van der Waals surface area contributed by atoms with E-state index in [-0.39, 0.29) is 24.2 Å². The average molecular weight is 257 g/mol. The maximum atomic E-state index is 11.6. The van der Waals surface area contributed by atoms with Gasteiger partial charge in [0.15, 0.2) is 0 Å². The second-order valence-electron chi connectivity index (χ2n) is 4.78. The van der Waals surface area contributed by atoms with Gasteiger partial charge >= 0.3 is 0 Å². The van der Waals surface area contributed by atoms with E-state index >= 15 is 0 Å². The van der Waals surface area contributed by atoms with Crippen LogP contribution in [-0.4, -0.2) is 56.1 Å². The van der Waals surface area contributed by atoms with Crippen LogP contribution in [0.2, 0.25) is 0 Å². The number of nitrogens with zero attached hydrogens (tertiary/aromatic N) is 1. The van der Waals surface area contributed by atoms with Gasteiger partial charge in [-0.15, -0.1) is 0 Å². The van der Waals surface area contributed by atoms with Gasteiger partial charge in [0.05, 0.1) is 13.2 Å². The van der Waals surface area contributed by atoms with Crippen LogP contribution in [0, 0.1) is 5.92 Å². The van der Waals surface area contributed by atoms with Gasteiger partial charge < -0.3 is 15.8 Å². The zero-order chi connectivity index (χ0) is 13.4. The van der Waals surface area contributed by atoms with Crippen molar-refractivity contribution >= 4 is 11.8 Å². The minimum absolute atomic E-state index is 0.00545. The van der Waals surface area contributed by atoms with Crippen LogP contribution in [-0.2, 0) is 14.3 Å². The van der Waals surface area contributed by atoms with E-state index in [1.165, 1.54) is 0 Å². The molecule has 0 aliphatic carbocycles. The number of carbonyl (C=O) groups is 2. The van der Waals surface area contributed by atoms with Crippen LogP contribution in [0.15, 0.2) is 0 Å². The van der Waals surface area contributed by atoms with E-state index in [4.69, 9.17) is 10.5 Å². The summed E-state index contributed by atoms with van der Waals surface area (Å²) in [6.45, 7) is 6.73. The molecule has 3 N–H and O–H groups in total. The highest BCUT2D eigenvalue weighted by atomic mass is 16.5. The third kappa shape index (κ3) is 6.56. The van der Waals surface area contributed by atoms with Crippen molar-refractivity contribution in [1.82, 2.24) is 10.2 Å². The van der Waals surface area contributed by atoms with Crippen molar-refractivity contribution in [3.05, 3.63) is 0 Å². The predicted molar refractivity (Wildman–Crippen MR) is 67.9 cm³/mol. The maximum absolute atomic E-state index is 11.6. The molecule has 0 unspecified atom stereocenters. The summed E-state index contributed by atoms with van der Waals surface area (Å²) in [7, 11) is 0. The summed E-state index contributed by atoms with van der Waals surface area (Å²) in [4.78, 5) is 24.5. The van der Waals surface area contributed by atoms with Gasteiger partial charge in [0, 0.05) is 39.0 Å². The first-order valence-electron chi connectivity index (χ1n) is 6.43. The first-order valence-corrected chi connectivity index (χ1v) is 6.43. The van der Waals surface area contributed by atoms with E-state index in [9.17, 15) is 9.59 Å². The quantitative estimate of drug-likeness (QED) is 0.634. The Morgan fingerprint density at radius 3 is 2.61 bits per heavy atom. The molecule has 2 amide bonds. The van der Waals surface area contributed by atoms with Gasteiger partial charge in [0.25, 0.3) is 0 Å². The molecule has 0 aromatic heterocycles. The van der Waals surface area contributed by atoms with Gasteiger partial charge in [-0.05, 0) is 5.92 Å². The fourth-order valence-corrected chi connectivity index (χ4v) is 1.98. The van der Waals surface area contributed by atoms with Crippen molar-refractivity contribution in [2.45, 2.75) is 19.8 Å². The van der Waals surface area contributed by atoms with Gasteiger partial charge in [-0.1, -0.05) is 6.92 Å². The van der Waals surface area contributed by atoms with Gasteiger partial charge in [-0.2, -0.15) is 0 Å². The fourth-order valence-electron chi connectivity index (χ4n) is 1.98. The Balaban J connectivity index is 2.07. The van der Waals surface area contributed by atoms with Crippen molar-refractivity contribution < 1.29 is 14.3 Å². The van der Waals surface area contributed by atoms with Crippen molar-refractivity contribution in [3.8, 4) is 0 Å². The fraction of sp³-hybridized carbons (Fsp3) is 0.833. The molecule has 1 rings (SSSR count). The molecular weight excluding hydrogens is 234 g/mol. The number of nitrogens with two attached hydrogens (primary N) is 1. The number of primary amides is 1. The third-order valence-corrected chi connectivity index (χ3v) is 2.94. The standard InChI is InChI=1S/C12H23N3O3/c1-10(8-11(13)16)9-12(17)14-2-3-15-4-6-18-7-5-15/h10H,2-9H2,1H3,(H2,13,16)(H,14,17)/t10-/m1/s1. The number of nitrogens with one attached hydrogen (secondary N) is 1. The number of ether oxygens (including phenoxy) is 1. The minimum Gasteiger partial charge on any atom is -0.379 e. The summed E-state index contributed by atoms with van der Waals surface area (Å²) in [6, 6.07) is 0. The molecule has 0 saturated carbocycles. The first-order chi connectivity index (χ1) is 8.58. The van der Waals surface area contributed by atoms with Crippen LogP contribution < -0.4 is 11.1 Å². The Kier molecular flexibility index (Phi) is 6.67. The molecule has 1 fully saturated rings. The largest absolute Gasteiger partial charge is 0.379 e. The highest BCUT2D eigenvalue weighted by Gasteiger charge is 2.13. The Morgan fingerprint density at radius 1 is 1.33 bits per heavy atom. The smallest absolute Gasteiger partial charge is 0.220 e. The van der Waals surface area contributed by atoms with Gasteiger partial charge in [0.2, 0.25) is 11.8 Å². The molecule has 0 radical (unpaired) electrons. The molecular formula is C12H23N3O3. The molecule has 1 saturated heterocycles. The van der Waals surface area contributed by atoms with E-state index in [0.29, 0.717) is 13.0 Å². The zero-order valence-corrected chi connectivity index (χ0v) is 11.0. The van der Waals surface area contributed by atoms with Crippen LogP contribution in [0.1, 0.15) is 19.8 Å². The third-order valence-electron chi connectivity index (χ3n) is 2.94. The van der Waals surface area contributed by atoms with E-state index in [2.05, 4.69) is 10.2 Å². The zero-order valence-electron chi connectivity index (χ0n) is 11.0. The van der Waals surface area contributed by atoms with Crippen molar-refractivity contribution in [2.75, 3.05) is 39.4 Å². The Bertz CT molecular complexity index is 278. The van der Waals surface area contributed by atoms with Crippen molar-refractivity contribution in [3.63, 3.8) is 0 Å². The van der Waals surface area contributed by atoms with Gasteiger partial charge in [0.1, 0.15) is 0 Å². The van der Waals surface area contributed by atoms with Crippen molar-refractivity contribution in [1.29, 1.82) is 0 Å². The van der Waals surface area contributed by atoms with Crippen LogP contribution in [0.25, 0.3) is 0 Å². The number of morpholine rings is 1. The predicted octanol–water partition coefficient (Wildman–Crippen LogP) is -0.664.